The van der Waals surface area contributed by atoms with E-state index in [1.807, 2.05) is 0 Å². The van der Waals surface area contributed by atoms with Crippen LogP contribution < -0.4 is 5.32 Å². The van der Waals surface area contributed by atoms with E-state index in [1.54, 1.807) is 13.0 Å². The Morgan fingerprint density at radius 1 is 1.33 bits per heavy atom. The molecule has 0 radical (unpaired) electrons. The normalized spacial score (nSPS) is 11.3. The van der Waals surface area contributed by atoms with Gasteiger partial charge in [0, 0.05) is 18.2 Å². The zero-order valence-electron chi connectivity index (χ0n) is 8.48. The Bertz CT molecular complexity index is 381. The summed E-state index contributed by atoms with van der Waals surface area (Å²) in [6.07, 6.45) is 0. The molecule has 0 aliphatic heterocycles. The fourth-order valence-corrected chi connectivity index (χ4v) is 1.15. The van der Waals surface area contributed by atoms with Crippen LogP contribution in [0.15, 0.2) is 18.2 Å². The molecular weight excluding hydrogens is 198 g/mol. The molecule has 82 valence electrons. The smallest absolute Gasteiger partial charge is 0.304 e. The maximum atomic E-state index is 10.8. The van der Waals surface area contributed by atoms with Crippen LogP contribution in [0.5, 0.6) is 0 Å². The summed E-state index contributed by atoms with van der Waals surface area (Å²) >= 11 is 0. The second-order valence-electron chi connectivity index (χ2n) is 3.35. The predicted octanol–water partition coefficient (Wildman–Crippen LogP) is 0.0406. The van der Waals surface area contributed by atoms with Crippen LogP contribution in [-0.4, -0.2) is 21.2 Å². The van der Waals surface area contributed by atoms with Crippen LogP contribution in [-0.2, 0) is 10.8 Å². The summed E-state index contributed by atoms with van der Waals surface area (Å²) in [7, 11) is 0. The highest BCUT2D eigenvalue weighted by molar-refractivity contribution is 5.89. The lowest BCUT2D eigenvalue weighted by atomic mass is 10.1. The fourth-order valence-electron chi connectivity index (χ4n) is 1.15. The molecule has 0 saturated heterocycles. The van der Waals surface area contributed by atoms with Crippen LogP contribution in [0.2, 0.25) is 0 Å². The van der Waals surface area contributed by atoms with Gasteiger partial charge in [0.15, 0.2) is 0 Å². The van der Waals surface area contributed by atoms with Gasteiger partial charge in [0.1, 0.15) is 0 Å². The molecule has 4 N–H and O–H groups in total. The van der Waals surface area contributed by atoms with Crippen molar-refractivity contribution in [1.82, 2.24) is 0 Å². The van der Waals surface area contributed by atoms with Crippen molar-refractivity contribution in [2.24, 2.45) is 0 Å². The van der Waals surface area contributed by atoms with Crippen molar-refractivity contribution >= 4 is 11.6 Å². The maximum Gasteiger partial charge on any atom is 0.304 e. The average molecular weight is 211 g/mol. The van der Waals surface area contributed by atoms with Crippen molar-refractivity contribution in [3.05, 3.63) is 29.3 Å². The van der Waals surface area contributed by atoms with Crippen molar-refractivity contribution in [2.75, 3.05) is 5.32 Å². The molecule has 0 aromatic heterocycles. The molecule has 0 aliphatic rings. The predicted molar refractivity (Wildman–Crippen MR) is 53.8 cm³/mol. The molecule has 15 heavy (non-hydrogen) atoms. The SMILES string of the molecule is CC(=O)Nc1cc(C(O)(O)O)ccc1C. The largest absolute Gasteiger partial charge is 0.340 e. The number of aryl methyl sites for hydroxylation is 1. The molecule has 0 atom stereocenters. The standard InChI is InChI=1S/C10H13NO4/c1-6-3-4-8(10(13,14)15)5-9(6)11-7(2)12/h3-5,13-15H,1-2H3,(H,11,12). The summed E-state index contributed by atoms with van der Waals surface area (Å²) in [4.78, 5) is 10.8. The molecule has 0 bridgehead atoms. The van der Waals surface area contributed by atoms with Crippen LogP contribution in [0.3, 0.4) is 0 Å². The van der Waals surface area contributed by atoms with Crippen molar-refractivity contribution < 1.29 is 20.1 Å². The van der Waals surface area contributed by atoms with Crippen LogP contribution in [0.1, 0.15) is 18.1 Å². The number of anilines is 1. The van der Waals surface area contributed by atoms with Crippen molar-refractivity contribution in [1.29, 1.82) is 0 Å². The third-order valence-corrected chi connectivity index (χ3v) is 1.94. The van der Waals surface area contributed by atoms with Gasteiger partial charge in [0.2, 0.25) is 5.91 Å². The Morgan fingerprint density at radius 2 is 1.93 bits per heavy atom. The van der Waals surface area contributed by atoms with E-state index >= 15 is 0 Å². The van der Waals surface area contributed by atoms with E-state index in [9.17, 15) is 4.79 Å². The van der Waals surface area contributed by atoms with E-state index in [-0.39, 0.29) is 11.5 Å². The second kappa shape index (κ2) is 3.98. The molecular formula is C10H13NO4. The Morgan fingerprint density at radius 3 is 2.40 bits per heavy atom. The lowest BCUT2D eigenvalue weighted by molar-refractivity contribution is -0.323. The molecule has 0 heterocycles. The first-order chi connectivity index (χ1) is 6.80. The number of hydrogen-bond donors (Lipinski definition) is 4. The number of aliphatic hydroxyl groups is 3. The number of carbonyl (C=O) groups is 1. The van der Waals surface area contributed by atoms with Gasteiger partial charge in [-0.2, -0.15) is 0 Å². The van der Waals surface area contributed by atoms with Crippen molar-refractivity contribution in [2.45, 2.75) is 19.8 Å². The van der Waals surface area contributed by atoms with Crippen molar-refractivity contribution in [3.63, 3.8) is 0 Å². The minimum Gasteiger partial charge on any atom is -0.340 e. The molecule has 1 amide bonds. The summed E-state index contributed by atoms with van der Waals surface area (Å²) in [5.74, 6) is -3.16. The monoisotopic (exact) mass is 211 g/mol. The summed E-state index contributed by atoms with van der Waals surface area (Å²) < 4.78 is 0. The molecule has 0 fully saturated rings. The van der Waals surface area contributed by atoms with E-state index in [2.05, 4.69) is 5.32 Å². The van der Waals surface area contributed by atoms with E-state index in [0.717, 1.165) is 5.56 Å². The van der Waals surface area contributed by atoms with Gasteiger partial charge in [-0.05, 0) is 18.6 Å². The molecule has 5 heteroatoms. The maximum absolute atomic E-state index is 10.8. The van der Waals surface area contributed by atoms with Crippen molar-refractivity contribution in [3.8, 4) is 0 Å². The van der Waals surface area contributed by atoms with E-state index in [1.165, 1.54) is 19.1 Å². The zero-order valence-corrected chi connectivity index (χ0v) is 8.48. The topological polar surface area (TPSA) is 89.8 Å². The summed E-state index contributed by atoms with van der Waals surface area (Å²) in [6.45, 7) is 3.10. The fraction of sp³-hybridized carbons (Fsp3) is 0.300. The van der Waals surface area contributed by atoms with E-state index in [0.29, 0.717) is 5.69 Å². The van der Waals surface area contributed by atoms with Crippen LogP contribution in [0.4, 0.5) is 5.69 Å². The second-order valence-corrected chi connectivity index (χ2v) is 3.35. The number of rotatable bonds is 2. The number of nitrogens with one attached hydrogen (secondary N) is 1. The van der Waals surface area contributed by atoms with Crippen LogP contribution >= 0.6 is 0 Å². The van der Waals surface area contributed by atoms with Gasteiger partial charge < -0.3 is 20.6 Å². The van der Waals surface area contributed by atoms with Gasteiger partial charge >= 0.3 is 5.97 Å². The minimum absolute atomic E-state index is 0.100. The van der Waals surface area contributed by atoms with E-state index < -0.39 is 5.97 Å². The van der Waals surface area contributed by atoms with Gasteiger partial charge in [-0.15, -0.1) is 0 Å². The first kappa shape index (κ1) is 11.6. The molecule has 0 saturated carbocycles. The highest BCUT2D eigenvalue weighted by Crippen LogP contribution is 2.22. The number of amides is 1. The Hall–Kier alpha value is -1.43. The molecule has 0 aliphatic carbocycles. The third kappa shape index (κ3) is 3.02. The lowest BCUT2D eigenvalue weighted by Crippen LogP contribution is -2.24. The quantitative estimate of drug-likeness (QED) is 0.520. The van der Waals surface area contributed by atoms with Gasteiger partial charge in [-0.3, -0.25) is 4.79 Å². The molecule has 1 rings (SSSR count). The molecule has 0 spiro atoms. The Labute approximate surface area is 87.0 Å². The lowest BCUT2D eigenvalue weighted by Gasteiger charge is -2.16. The molecule has 1 aromatic rings. The summed E-state index contributed by atoms with van der Waals surface area (Å²) in [5, 5.41) is 29.3. The van der Waals surface area contributed by atoms with Gasteiger partial charge in [0.05, 0.1) is 0 Å². The molecule has 1 aromatic carbocycles. The molecule has 5 nitrogen and oxygen atoms in total. The third-order valence-electron chi connectivity index (χ3n) is 1.94. The highest BCUT2D eigenvalue weighted by atomic mass is 16.7. The van der Waals surface area contributed by atoms with Crippen LogP contribution in [0, 0.1) is 6.92 Å². The van der Waals surface area contributed by atoms with Gasteiger partial charge in [-0.1, -0.05) is 12.1 Å². The summed E-state index contributed by atoms with van der Waals surface area (Å²) in [5.41, 5.74) is 1.09. The molecule has 0 unspecified atom stereocenters. The summed E-state index contributed by atoms with van der Waals surface area (Å²) in [6, 6.07) is 4.23. The van der Waals surface area contributed by atoms with Gasteiger partial charge in [-0.25, -0.2) is 0 Å². The van der Waals surface area contributed by atoms with E-state index in [4.69, 9.17) is 15.3 Å². The highest BCUT2D eigenvalue weighted by Gasteiger charge is 2.22. The van der Waals surface area contributed by atoms with Gasteiger partial charge in [0.25, 0.3) is 0 Å². The van der Waals surface area contributed by atoms with Crippen LogP contribution in [0.25, 0.3) is 0 Å². The minimum atomic E-state index is -2.89. The zero-order chi connectivity index (χ0) is 11.6. The number of benzene rings is 1. The average Bonchev–Trinajstić information content (AvgIpc) is 2.06. The Balaban J connectivity index is 3.11. The number of hydrogen-bond acceptors (Lipinski definition) is 4. The Kier molecular flexibility index (Phi) is 3.09. The number of carbonyl (C=O) groups excluding carboxylic acids is 1. The first-order valence-electron chi connectivity index (χ1n) is 4.36. The first-order valence-corrected chi connectivity index (χ1v) is 4.36.